The third kappa shape index (κ3) is 26.5. The SMILES string of the molecule is CC(NC(=O)C(CCC(N)=O)NC(=O)C(CS)NC(=O)CN)C(=O)NC(Cc1ccc(O)cc1)C(=O)NCC(=O)NC(Cc1cnc[nH]1)C(=O)NC(C(=O)NC(CS)C(=O)NC(Cc1ccc(O)cc1)C(=O)NCC(=O)NCC(=O)NC(Cc1cnc[nH]1)C(N)=O)C(C)C. The molecule has 0 saturated carbocycles. The number of imidazole rings is 2. The second-order valence-electron chi connectivity index (χ2n) is 21.6. The number of nitrogens with zero attached hydrogens (tertiary/aromatic N) is 2. The summed E-state index contributed by atoms with van der Waals surface area (Å²) in [6.45, 7) is 1.81. The number of aromatic hydroxyl groups is 2. The third-order valence-electron chi connectivity index (χ3n) is 13.7. The molecule has 0 bridgehead atoms. The first kappa shape index (κ1) is 76.2. The van der Waals surface area contributed by atoms with Gasteiger partial charge in [-0.2, -0.15) is 25.3 Å². The molecular formula is C57H79N19O16S2. The molecule has 2 aromatic heterocycles. The molecule has 35 nitrogen and oxygen atoms in total. The van der Waals surface area contributed by atoms with Crippen molar-refractivity contribution >= 4 is 108 Å². The van der Waals surface area contributed by atoms with Crippen molar-refractivity contribution in [2.24, 2.45) is 23.1 Å². The van der Waals surface area contributed by atoms with E-state index in [0.29, 0.717) is 22.5 Å². The van der Waals surface area contributed by atoms with E-state index >= 15 is 0 Å². The van der Waals surface area contributed by atoms with Gasteiger partial charge in [0.05, 0.1) is 38.8 Å². The van der Waals surface area contributed by atoms with Crippen LogP contribution < -0.4 is 81.0 Å². The largest absolute Gasteiger partial charge is 0.508 e. The predicted octanol–water partition coefficient (Wildman–Crippen LogP) is -7.23. The van der Waals surface area contributed by atoms with Gasteiger partial charge in [0.1, 0.15) is 65.9 Å². The van der Waals surface area contributed by atoms with Crippen LogP contribution in [0.1, 0.15) is 56.1 Å². The molecule has 22 N–H and O–H groups in total. The highest BCUT2D eigenvalue weighted by Crippen LogP contribution is 2.14. The summed E-state index contributed by atoms with van der Waals surface area (Å²) in [5.74, 6) is -13.8. The van der Waals surface area contributed by atoms with Crippen LogP contribution in [-0.2, 0) is 92.8 Å². The monoisotopic (exact) mass is 1350 g/mol. The topological polar surface area (TPSA) is 559 Å². The minimum atomic E-state index is -1.48. The number of carbonyl (C=O) groups is 14. The van der Waals surface area contributed by atoms with Gasteiger partial charge in [-0.15, -0.1) is 0 Å². The smallest absolute Gasteiger partial charge is 0.244 e. The van der Waals surface area contributed by atoms with E-state index in [1.54, 1.807) is 13.8 Å². The lowest BCUT2D eigenvalue weighted by Crippen LogP contribution is -2.60. The molecule has 0 aliphatic heterocycles. The van der Waals surface area contributed by atoms with E-state index in [-0.39, 0.29) is 61.5 Å². The number of hydrogen-bond acceptors (Lipinski definition) is 21. The number of rotatable bonds is 39. The zero-order chi connectivity index (χ0) is 69.6. The lowest BCUT2D eigenvalue weighted by molar-refractivity contribution is -0.135. The minimum absolute atomic E-state index is 0.00917. The molecular weight excluding hydrogens is 1270 g/mol. The first-order chi connectivity index (χ1) is 44.6. The predicted molar refractivity (Wildman–Crippen MR) is 340 cm³/mol. The van der Waals surface area contributed by atoms with Crippen LogP contribution in [0.15, 0.2) is 73.6 Å². The van der Waals surface area contributed by atoms with Crippen LogP contribution in [0, 0.1) is 5.92 Å². The maximum absolute atomic E-state index is 14.2. The van der Waals surface area contributed by atoms with Crippen LogP contribution in [0.25, 0.3) is 0 Å². The minimum Gasteiger partial charge on any atom is -0.508 e. The number of thiol groups is 2. The number of nitrogens with two attached hydrogens (primary N) is 3. The van der Waals surface area contributed by atoms with Crippen LogP contribution in [0.2, 0.25) is 0 Å². The Morgan fingerprint density at radius 1 is 0.457 bits per heavy atom. The zero-order valence-electron chi connectivity index (χ0n) is 51.3. The number of benzene rings is 2. The standard InChI is InChI=1S/C57H79N19O16S2/c1-28(2)48(57(92)75-42(25-94)56(91)74-39(15-31-6-10-35(78)11-7-31)52(87)64-21-45(81)63-22-46(82)69-37(49(60)84)16-32-19-61-26-66-32)76-54(89)40(17-33-20-62-27-67-33)70-47(83)23-65-51(86)38(14-30-4-8-34(77)9-5-30)73-50(85)29(3)68-53(88)36(12-13-43(59)79)72-55(90)41(24-93)71-44(80)18-58/h4-11,19-20,26-29,36-42,48,77-78,93-94H,12-18,21-25,58H2,1-3H3,(H2,59,79)(H2,60,84)(H,61,66)(H,62,67)(H,63,81)(H,64,87)(H,65,86)(H,68,88)(H,69,82)(H,70,83)(H,71,80)(H,72,90)(H,73,85)(H,74,91)(H,75,92)(H,76,89). The fourth-order valence-corrected chi connectivity index (χ4v) is 9.11. The molecule has 2 aromatic carbocycles. The summed E-state index contributed by atoms with van der Waals surface area (Å²) in [6.07, 6.45) is 4.05. The van der Waals surface area contributed by atoms with Gasteiger partial charge in [0.2, 0.25) is 82.7 Å². The third-order valence-corrected chi connectivity index (χ3v) is 14.5. The van der Waals surface area contributed by atoms with Gasteiger partial charge in [0.15, 0.2) is 0 Å². The van der Waals surface area contributed by atoms with E-state index in [1.807, 2.05) is 0 Å². The second kappa shape index (κ2) is 38.5. The molecule has 0 fully saturated rings. The Kier molecular flexibility index (Phi) is 31.2. The molecule has 4 rings (SSSR count). The number of amides is 14. The lowest BCUT2D eigenvalue weighted by atomic mass is 10.0. The van der Waals surface area contributed by atoms with E-state index < -0.39 is 169 Å². The lowest BCUT2D eigenvalue weighted by Gasteiger charge is -2.27. The number of primary amides is 2. The highest BCUT2D eigenvalue weighted by molar-refractivity contribution is 7.80. The number of phenolic OH excluding ortho intramolecular Hbond substituents is 2. The van der Waals surface area contributed by atoms with Crippen molar-refractivity contribution in [1.29, 1.82) is 0 Å². The van der Waals surface area contributed by atoms with E-state index in [1.165, 1.54) is 80.5 Å². The Morgan fingerprint density at radius 2 is 0.862 bits per heavy atom. The van der Waals surface area contributed by atoms with Crippen LogP contribution in [0.4, 0.5) is 0 Å². The van der Waals surface area contributed by atoms with Gasteiger partial charge in [-0.1, -0.05) is 38.1 Å². The van der Waals surface area contributed by atoms with Gasteiger partial charge in [-0.25, -0.2) is 9.97 Å². The van der Waals surface area contributed by atoms with Crippen LogP contribution in [-0.4, -0.2) is 205 Å². The summed E-state index contributed by atoms with van der Waals surface area (Å²) >= 11 is 8.33. The van der Waals surface area contributed by atoms with Gasteiger partial charge in [0, 0.05) is 67.4 Å². The zero-order valence-corrected chi connectivity index (χ0v) is 53.1. The Balaban J connectivity index is 1.43. The van der Waals surface area contributed by atoms with Gasteiger partial charge in [-0.3, -0.25) is 67.1 Å². The van der Waals surface area contributed by atoms with E-state index in [0.717, 1.165) is 0 Å². The Morgan fingerprint density at radius 3 is 1.32 bits per heavy atom. The molecule has 0 aliphatic rings. The summed E-state index contributed by atoms with van der Waals surface area (Å²) in [6, 6.07) is -1.41. The van der Waals surface area contributed by atoms with Crippen molar-refractivity contribution in [3.05, 3.63) is 96.1 Å². The maximum atomic E-state index is 14.2. The molecule has 9 atom stereocenters. The molecule has 0 spiro atoms. The number of nitrogens with one attached hydrogen (secondary N) is 14. The van der Waals surface area contributed by atoms with Crippen molar-refractivity contribution < 1.29 is 77.3 Å². The Labute approximate surface area is 548 Å². The molecule has 94 heavy (non-hydrogen) atoms. The van der Waals surface area contributed by atoms with Crippen LogP contribution >= 0.6 is 25.3 Å². The van der Waals surface area contributed by atoms with Gasteiger partial charge in [0.25, 0.3) is 0 Å². The van der Waals surface area contributed by atoms with E-state index in [9.17, 15) is 77.3 Å². The molecule has 4 aromatic rings. The average Bonchev–Trinajstić information content (AvgIpc) is 1.29. The summed E-state index contributed by atoms with van der Waals surface area (Å²) in [7, 11) is 0. The fraction of sp³-hybridized carbons (Fsp3) is 0.439. The molecule has 0 aliphatic carbocycles. The molecule has 2 heterocycles. The summed E-state index contributed by atoms with van der Waals surface area (Å²) in [5.41, 5.74) is 17.8. The highest BCUT2D eigenvalue weighted by atomic mass is 32.1. The number of H-pyrrole nitrogens is 2. The maximum Gasteiger partial charge on any atom is 0.244 e. The first-order valence-corrected chi connectivity index (χ1v) is 30.4. The fourth-order valence-electron chi connectivity index (χ4n) is 8.60. The van der Waals surface area contributed by atoms with E-state index in [2.05, 4.69) is 109 Å². The summed E-state index contributed by atoms with van der Waals surface area (Å²) in [4.78, 5) is 198. The van der Waals surface area contributed by atoms with E-state index in [4.69, 9.17) is 17.2 Å². The van der Waals surface area contributed by atoms with Gasteiger partial charge < -0.3 is 101 Å². The number of carbonyl (C=O) groups excluding carboxylic acids is 14. The quantitative estimate of drug-likeness (QED) is 0.0185. The normalized spacial score (nSPS) is 13.8. The molecule has 510 valence electrons. The Hall–Kier alpha value is -10.3. The molecule has 37 heteroatoms. The second-order valence-corrected chi connectivity index (χ2v) is 22.3. The van der Waals surface area contributed by atoms with Gasteiger partial charge in [-0.05, 0) is 54.7 Å². The average molecular weight is 1350 g/mol. The van der Waals surface area contributed by atoms with Gasteiger partial charge >= 0.3 is 0 Å². The van der Waals surface area contributed by atoms with Crippen LogP contribution in [0.3, 0.4) is 0 Å². The van der Waals surface area contributed by atoms with Crippen molar-refractivity contribution in [3.8, 4) is 11.5 Å². The molecule has 14 amide bonds. The van der Waals surface area contributed by atoms with Crippen molar-refractivity contribution in [2.45, 2.75) is 114 Å². The number of phenols is 2. The van der Waals surface area contributed by atoms with Crippen molar-refractivity contribution in [2.75, 3.05) is 37.7 Å². The van der Waals surface area contributed by atoms with Crippen molar-refractivity contribution in [3.63, 3.8) is 0 Å². The molecule has 9 unspecified atom stereocenters. The highest BCUT2D eigenvalue weighted by Gasteiger charge is 2.35. The first-order valence-electron chi connectivity index (χ1n) is 29.1. The number of hydrogen-bond donors (Lipinski definition) is 21. The van der Waals surface area contributed by atoms with Crippen LogP contribution in [0.5, 0.6) is 11.5 Å². The summed E-state index contributed by atoms with van der Waals surface area (Å²) < 4.78 is 0. The Bertz CT molecular complexity index is 3270. The summed E-state index contributed by atoms with van der Waals surface area (Å²) in [5, 5.41) is 49.1. The number of aromatic amines is 2. The molecule has 0 saturated heterocycles. The van der Waals surface area contributed by atoms with Crippen molar-refractivity contribution in [1.82, 2.24) is 83.7 Å². The molecule has 0 radical (unpaired) electrons. The number of aromatic nitrogens is 4.